The van der Waals surface area contributed by atoms with Gasteiger partial charge in [0.1, 0.15) is 0 Å². The molecule has 1 aromatic carbocycles. The zero-order valence-corrected chi connectivity index (χ0v) is 12.8. The lowest BCUT2D eigenvalue weighted by Gasteiger charge is -2.15. The van der Waals surface area contributed by atoms with E-state index in [1.165, 1.54) is 0 Å². The van der Waals surface area contributed by atoms with Crippen LogP contribution in [0.1, 0.15) is 19.4 Å². The lowest BCUT2D eigenvalue weighted by atomic mass is 9.99. The predicted octanol–water partition coefficient (Wildman–Crippen LogP) is 3.28. The molecule has 0 bridgehead atoms. The van der Waals surface area contributed by atoms with Crippen LogP contribution in [0.3, 0.4) is 0 Å². The highest BCUT2D eigenvalue weighted by atomic mass is 35.5. The second-order valence-corrected chi connectivity index (χ2v) is 4.84. The van der Waals surface area contributed by atoms with Gasteiger partial charge in [-0.25, -0.2) is 0 Å². The molecule has 4 nitrogen and oxygen atoms in total. The molecular weight excluding hydrogens is 303 g/mol. The molecule has 0 saturated heterocycles. The van der Waals surface area contributed by atoms with E-state index in [1.807, 2.05) is 0 Å². The number of benzene rings is 1. The van der Waals surface area contributed by atoms with Gasteiger partial charge in [-0.3, -0.25) is 9.59 Å². The van der Waals surface area contributed by atoms with Crippen LogP contribution in [0.2, 0.25) is 10.0 Å². The lowest BCUT2D eigenvalue weighted by Crippen LogP contribution is -2.30. The van der Waals surface area contributed by atoms with E-state index < -0.39 is 17.9 Å². The Morgan fingerprint density at radius 2 is 1.65 bits per heavy atom. The summed E-state index contributed by atoms with van der Waals surface area (Å²) in [6.07, 6.45) is 0.0943. The van der Waals surface area contributed by atoms with Gasteiger partial charge >= 0.3 is 11.9 Å². The summed E-state index contributed by atoms with van der Waals surface area (Å²) >= 11 is 11.9. The number of hydrogen-bond acceptors (Lipinski definition) is 4. The van der Waals surface area contributed by atoms with Crippen molar-refractivity contribution >= 4 is 35.1 Å². The maximum absolute atomic E-state index is 11.9. The van der Waals surface area contributed by atoms with Gasteiger partial charge in [0.05, 0.1) is 13.2 Å². The van der Waals surface area contributed by atoms with Crippen LogP contribution in [0.4, 0.5) is 0 Å². The van der Waals surface area contributed by atoms with Crippen LogP contribution < -0.4 is 0 Å². The highest BCUT2D eigenvalue weighted by molar-refractivity contribution is 6.33. The van der Waals surface area contributed by atoms with Gasteiger partial charge in [-0.05, 0) is 44.0 Å². The normalized spacial score (nSPS) is 10.4. The fourth-order valence-corrected chi connectivity index (χ4v) is 2.06. The standard InChI is InChI=1S/C14H16Cl2O4/c1-3-19-13(17)11(14(18)20-4-2)8-9-7-10(15)5-6-12(9)16/h5-7,11H,3-4,8H2,1-2H3. The molecule has 1 aromatic rings. The smallest absolute Gasteiger partial charge is 0.320 e. The van der Waals surface area contributed by atoms with E-state index in [2.05, 4.69) is 0 Å². The van der Waals surface area contributed by atoms with Crippen molar-refractivity contribution in [1.29, 1.82) is 0 Å². The van der Waals surface area contributed by atoms with Crippen LogP contribution in [-0.4, -0.2) is 25.2 Å². The van der Waals surface area contributed by atoms with Gasteiger partial charge in [0.25, 0.3) is 0 Å². The van der Waals surface area contributed by atoms with Crippen molar-refractivity contribution in [3.05, 3.63) is 33.8 Å². The van der Waals surface area contributed by atoms with Crippen LogP contribution in [-0.2, 0) is 25.5 Å². The van der Waals surface area contributed by atoms with Crippen molar-refractivity contribution in [2.24, 2.45) is 5.92 Å². The summed E-state index contributed by atoms with van der Waals surface area (Å²) in [6, 6.07) is 4.87. The minimum atomic E-state index is -1.04. The molecule has 0 unspecified atom stereocenters. The molecule has 6 heteroatoms. The predicted molar refractivity (Wildman–Crippen MR) is 76.9 cm³/mol. The molecule has 20 heavy (non-hydrogen) atoms. The summed E-state index contributed by atoms with van der Waals surface area (Å²) in [6.45, 7) is 3.73. The topological polar surface area (TPSA) is 52.6 Å². The van der Waals surface area contributed by atoms with Crippen LogP contribution in [0, 0.1) is 5.92 Å². The van der Waals surface area contributed by atoms with Crippen molar-refractivity contribution in [2.75, 3.05) is 13.2 Å². The number of halogens is 2. The van der Waals surface area contributed by atoms with Crippen molar-refractivity contribution in [3.63, 3.8) is 0 Å². The number of hydrogen-bond donors (Lipinski definition) is 0. The number of ether oxygens (including phenoxy) is 2. The molecule has 0 amide bonds. The average Bonchev–Trinajstić information content (AvgIpc) is 2.40. The molecule has 0 fully saturated rings. The number of carbonyl (C=O) groups is 2. The Bertz CT molecular complexity index is 470. The van der Waals surface area contributed by atoms with Crippen molar-refractivity contribution in [1.82, 2.24) is 0 Å². The first kappa shape index (κ1) is 16.8. The highest BCUT2D eigenvalue weighted by Crippen LogP contribution is 2.24. The van der Waals surface area contributed by atoms with E-state index in [4.69, 9.17) is 32.7 Å². The molecule has 0 aromatic heterocycles. The maximum atomic E-state index is 11.9. The Balaban J connectivity index is 2.96. The number of rotatable bonds is 6. The van der Waals surface area contributed by atoms with Crippen LogP contribution >= 0.6 is 23.2 Å². The van der Waals surface area contributed by atoms with E-state index in [0.717, 1.165) is 0 Å². The Labute approximate surface area is 128 Å². The first-order valence-corrected chi connectivity index (χ1v) is 7.02. The SMILES string of the molecule is CCOC(=O)C(Cc1cc(Cl)ccc1Cl)C(=O)OCC. The van der Waals surface area contributed by atoms with Crippen molar-refractivity contribution < 1.29 is 19.1 Å². The zero-order valence-electron chi connectivity index (χ0n) is 11.3. The van der Waals surface area contributed by atoms with E-state index in [1.54, 1.807) is 32.0 Å². The third-order valence-corrected chi connectivity index (χ3v) is 3.18. The van der Waals surface area contributed by atoms with Gasteiger partial charge in [0.2, 0.25) is 0 Å². The van der Waals surface area contributed by atoms with Crippen molar-refractivity contribution in [3.8, 4) is 0 Å². The van der Waals surface area contributed by atoms with Gasteiger partial charge in [0, 0.05) is 10.0 Å². The molecule has 1 rings (SSSR count). The van der Waals surface area contributed by atoms with Crippen molar-refractivity contribution in [2.45, 2.75) is 20.3 Å². The van der Waals surface area contributed by atoms with Gasteiger partial charge in [-0.15, -0.1) is 0 Å². The first-order valence-electron chi connectivity index (χ1n) is 6.26. The average molecular weight is 319 g/mol. The Morgan fingerprint density at radius 3 is 2.15 bits per heavy atom. The van der Waals surface area contributed by atoms with Crippen LogP contribution in [0.15, 0.2) is 18.2 Å². The highest BCUT2D eigenvalue weighted by Gasteiger charge is 2.30. The van der Waals surface area contributed by atoms with Gasteiger partial charge in [-0.1, -0.05) is 23.2 Å². The summed E-state index contributed by atoms with van der Waals surface area (Å²) in [5, 5.41) is 0.920. The molecule has 0 aliphatic rings. The monoisotopic (exact) mass is 318 g/mol. The Hall–Kier alpha value is -1.26. The molecule has 0 spiro atoms. The number of carbonyl (C=O) groups excluding carboxylic acids is 2. The van der Waals surface area contributed by atoms with Gasteiger partial charge in [-0.2, -0.15) is 0 Å². The zero-order chi connectivity index (χ0) is 15.1. The molecule has 0 radical (unpaired) electrons. The minimum Gasteiger partial charge on any atom is -0.465 e. The summed E-state index contributed by atoms with van der Waals surface area (Å²) in [4.78, 5) is 23.7. The van der Waals surface area contributed by atoms with E-state index >= 15 is 0 Å². The van der Waals surface area contributed by atoms with Gasteiger partial charge < -0.3 is 9.47 Å². The largest absolute Gasteiger partial charge is 0.465 e. The molecule has 0 atom stereocenters. The fraction of sp³-hybridized carbons (Fsp3) is 0.429. The Morgan fingerprint density at radius 1 is 1.10 bits per heavy atom. The first-order chi connectivity index (χ1) is 9.49. The minimum absolute atomic E-state index is 0.0943. The third kappa shape index (κ3) is 4.69. The molecule has 110 valence electrons. The second kappa shape index (κ2) is 8.12. The fourth-order valence-electron chi connectivity index (χ4n) is 1.67. The second-order valence-electron chi connectivity index (χ2n) is 4.00. The van der Waals surface area contributed by atoms with Crippen LogP contribution in [0.25, 0.3) is 0 Å². The molecule has 0 aliphatic carbocycles. The summed E-state index contributed by atoms with van der Waals surface area (Å²) < 4.78 is 9.80. The van der Waals surface area contributed by atoms with Gasteiger partial charge in [0.15, 0.2) is 5.92 Å². The summed E-state index contributed by atoms with van der Waals surface area (Å²) in [5.74, 6) is -2.28. The maximum Gasteiger partial charge on any atom is 0.320 e. The number of esters is 2. The summed E-state index contributed by atoms with van der Waals surface area (Å²) in [7, 11) is 0. The molecular formula is C14H16Cl2O4. The lowest BCUT2D eigenvalue weighted by molar-refractivity contribution is -0.161. The van der Waals surface area contributed by atoms with E-state index in [9.17, 15) is 9.59 Å². The quantitative estimate of drug-likeness (QED) is 0.596. The molecule has 0 aliphatic heterocycles. The third-order valence-electron chi connectivity index (χ3n) is 2.57. The van der Waals surface area contributed by atoms with Crippen LogP contribution in [0.5, 0.6) is 0 Å². The molecule has 0 saturated carbocycles. The van der Waals surface area contributed by atoms with E-state index in [-0.39, 0.29) is 19.6 Å². The van der Waals surface area contributed by atoms with E-state index in [0.29, 0.717) is 15.6 Å². The summed E-state index contributed by atoms with van der Waals surface area (Å²) in [5.41, 5.74) is 0.602. The molecule has 0 N–H and O–H groups in total. The molecule has 0 heterocycles. The Kier molecular flexibility index (Phi) is 6.82.